The lowest BCUT2D eigenvalue weighted by atomic mass is 10.2. The largest absolute Gasteiger partial charge is 0.461 e. The molecular weight excluding hydrogens is 356 g/mol. The van der Waals surface area contributed by atoms with E-state index in [1.165, 1.54) is 0 Å². The van der Waals surface area contributed by atoms with Crippen molar-refractivity contribution < 1.29 is 17.9 Å². The quantitative estimate of drug-likeness (QED) is 0.717. The Balaban J connectivity index is 1.81. The molecule has 1 aromatic heterocycles. The van der Waals surface area contributed by atoms with E-state index in [4.69, 9.17) is 4.74 Å². The van der Waals surface area contributed by atoms with Crippen LogP contribution in [-0.4, -0.2) is 80.5 Å². The topological polar surface area (TPSA) is 94.7 Å². The molecular formula is C17H28N4O4S. The number of piperazine rings is 1. The van der Waals surface area contributed by atoms with Gasteiger partial charge >= 0.3 is 5.97 Å². The predicted octanol–water partition coefficient (Wildman–Crippen LogP) is 0.476. The maximum absolute atomic E-state index is 13.2. The minimum Gasteiger partial charge on any atom is -0.461 e. The Morgan fingerprint density at radius 3 is 2.58 bits per heavy atom. The molecule has 8 nitrogen and oxygen atoms in total. The van der Waals surface area contributed by atoms with E-state index in [0.717, 1.165) is 32.6 Å². The van der Waals surface area contributed by atoms with E-state index in [9.17, 15) is 13.2 Å². The first kappa shape index (κ1) is 19.3. The average molecular weight is 385 g/mol. The fourth-order valence-electron chi connectivity index (χ4n) is 3.93. The number of aryl methyl sites for hydroxylation is 1. The molecule has 2 fully saturated rings. The smallest absolute Gasteiger partial charge is 0.355 e. The molecule has 2 aliphatic rings. The number of carbonyl (C=O) groups is 1. The number of H-pyrrole nitrogens is 1. The number of nitrogens with zero attached hydrogens (tertiary/aromatic N) is 2. The number of sulfonamides is 1. The molecule has 146 valence electrons. The Kier molecular flexibility index (Phi) is 5.71. The van der Waals surface area contributed by atoms with Crippen molar-refractivity contribution in [1.29, 1.82) is 0 Å². The van der Waals surface area contributed by atoms with Gasteiger partial charge in [0.05, 0.1) is 6.61 Å². The molecule has 1 aromatic rings. The first-order valence-electron chi connectivity index (χ1n) is 9.17. The molecule has 0 saturated carbocycles. The van der Waals surface area contributed by atoms with E-state index < -0.39 is 16.0 Å². The highest BCUT2D eigenvalue weighted by molar-refractivity contribution is 7.89. The number of ether oxygens (including phenoxy) is 1. The van der Waals surface area contributed by atoms with Crippen molar-refractivity contribution in [1.82, 2.24) is 19.5 Å². The monoisotopic (exact) mass is 384 g/mol. The average Bonchev–Trinajstić information content (AvgIpc) is 3.21. The van der Waals surface area contributed by atoms with Crippen molar-refractivity contribution in [2.45, 2.75) is 38.1 Å². The highest BCUT2D eigenvalue weighted by atomic mass is 32.2. The summed E-state index contributed by atoms with van der Waals surface area (Å²) in [5.41, 5.74) is 1.14. The van der Waals surface area contributed by atoms with Gasteiger partial charge in [-0.1, -0.05) is 0 Å². The zero-order valence-electron chi connectivity index (χ0n) is 15.7. The van der Waals surface area contributed by atoms with Gasteiger partial charge in [-0.15, -0.1) is 0 Å². The van der Waals surface area contributed by atoms with Crippen LogP contribution in [0.1, 0.15) is 35.1 Å². The third kappa shape index (κ3) is 3.53. The van der Waals surface area contributed by atoms with Gasteiger partial charge in [-0.3, -0.25) is 4.90 Å². The van der Waals surface area contributed by atoms with Gasteiger partial charge in [0.2, 0.25) is 10.0 Å². The number of hydrogen-bond acceptors (Lipinski definition) is 6. The summed E-state index contributed by atoms with van der Waals surface area (Å²) >= 11 is 0. The standard InChI is InChI=1S/C17H28N4O4S/c1-4-25-17(22)15-12(2)16(13(3)19-15)26(23,24)21-8-5-14(11-21)20-9-6-18-7-10-20/h14,18-19H,4-11H2,1-3H3. The molecule has 0 amide bonds. The molecule has 0 spiro atoms. The fourth-order valence-corrected chi connectivity index (χ4v) is 5.83. The summed E-state index contributed by atoms with van der Waals surface area (Å²) in [5, 5.41) is 3.32. The number of rotatable bonds is 5. The summed E-state index contributed by atoms with van der Waals surface area (Å²) in [5.74, 6) is -0.519. The lowest BCUT2D eigenvalue weighted by molar-refractivity contribution is 0.0519. The minimum absolute atomic E-state index is 0.210. The third-order valence-electron chi connectivity index (χ3n) is 5.24. The first-order valence-corrected chi connectivity index (χ1v) is 10.6. The predicted molar refractivity (Wildman–Crippen MR) is 97.8 cm³/mol. The normalized spacial score (nSPS) is 22.7. The van der Waals surface area contributed by atoms with E-state index in [-0.39, 0.29) is 23.2 Å². The maximum atomic E-state index is 13.2. The van der Waals surface area contributed by atoms with Crippen LogP contribution in [0.4, 0.5) is 0 Å². The lowest BCUT2D eigenvalue weighted by Crippen LogP contribution is -2.49. The Morgan fingerprint density at radius 1 is 1.23 bits per heavy atom. The van der Waals surface area contributed by atoms with Crippen LogP contribution in [0.2, 0.25) is 0 Å². The molecule has 2 aliphatic heterocycles. The second-order valence-corrected chi connectivity index (χ2v) is 8.77. The van der Waals surface area contributed by atoms with Gasteiger partial charge in [0, 0.05) is 56.6 Å². The molecule has 0 aliphatic carbocycles. The van der Waals surface area contributed by atoms with E-state index in [0.29, 0.717) is 24.3 Å². The number of carbonyl (C=O) groups excluding carboxylic acids is 1. The molecule has 1 unspecified atom stereocenters. The van der Waals surface area contributed by atoms with Crippen LogP contribution in [0.15, 0.2) is 4.90 Å². The van der Waals surface area contributed by atoms with Crippen LogP contribution in [0.5, 0.6) is 0 Å². The number of aromatic amines is 1. The van der Waals surface area contributed by atoms with Crippen molar-refractivity contribution in [2.24, 2.45) is 0 Å². The maximum Gasteiger partial charge on any atom is 0.355 e. The second kappa shape index (κ2) is 7.67. The number of esters is 1. The van der Waals surface area contributed by atoms with Crippen LogP contribution in [0, 0.1) is 13.8 Å². The molecule has 1 atom stereocenters. The van der Waals surface area contributed by atoms with Crippen molar-refractivity contribution in [3.63, 3.8) is 0 Å². The van der Waals surface area contributed by atoms with Crippen molar-refractivity contribution in [3.05, 3.63) is 17.0 Å². The molecule has 26 heavy (non-hydrogen) atoms. The zero-order valence-corrected chi connectivity index (χ0v) is 16.5. The number of nitrogens with one attached hydrogen (secondary N) is 2. The van der Waals surface area contributed by atoms with E-state index in [1.54, 1.807) is 25.1 Å². The van der Waals surface area contributed by atoms with Crippen molar-refractivity contribution >= 4 is 16.0 Å². The van der Waals surface area contributed by atoms with Crippen molar-refractivity contribution in [3.8, 4) is 0 Å². The minimum atomic E-state index is -3.65. The highest BCUT2D eigenvalue weighted by Crippen LogP contribution is 2.30. The van der Waals surface area contributed by atoms with Gasteiger partial charge in [-0.2, -0.15) is 4.31 Å². The van der Waals surface area contributed by atoms with Gasteiger partial charge in [-0.05, 0) is 27.2 Å². The Bertz CT molecular complexity index is 768. The Labute approximate surface area is 154 Å². The summed E-state index contributed by atoms with van der Waals surface area (Å²) in [6.07, 6.45) is 0.840. The van der Waals surface area contributed by atoms with E-state index in [1.807, 2.05) is 0 Å². The Hall–Kier alpha value is -1.42. The fraction of sp³-hybridized carbons (Fsp3) is 0.706. The van der Waals surface area contributed by atoms with Crippen LogP contribution >= 0.6 is 0 Å². The highest BCUT2D eigenvalue weighted by Gasteiger charge is 2.38. The summed E-state index contributed by atoms with van der Waals surface area (Å²) in [6, 6.07) is 0.260. The molecule has 2 N–H and O–H groups in total. The summed E-state index contributed by atoms with van der Waals surface area (Å²) in [6.45, 7) is 10.1. The van der Waals surface area contributed by atoms with Gasteiger partial charge in [0.25, 0.3) is 0 Å². The van der Waals surface area contributed by atoms with Crippen LogP contribution in [0.25, 0.3) is 0 Å². The molecule has 3 rings (SSSR count). The zero-order chi connectivity index (χ0) is 18.9. The first-order chi connectivity index (χ1) is 12.4. The van der Waals surface area contributed by atoms with Gasteiger partial charge in [-0.25, -0.2) is 13.2 Å². The number of hydrogen-bond donors (Lipinski definition) is 2. The molecule has 9 heteroatoms. The van der Waals surface area contributed by atoms with E-state index >= 15 is 0 Å². The lowest BCUT2D eigenvalue weighted by Gasteiger charge is -2.32. The molecule has 2 saturated heterocycles. The summed E-state index contributed by atoms with van der Waals surface area (Å²) in [4.78, 5) is 17.5. The number of aromatic nitrogens is 1. The Morgan fingerprint density at radius 2 is 1.92 bits per heavy atom. The SMILES string of the molecule is CCOC(=O)c1[nH]c(C)c(S(=O)(=O)N2CCC(N3CCNCC3)C2)c1C. The molecule has 0 radical (unpaired) electrons. The van der Waals surface area contributed by atoms with Crippen LogP contribution in [0.3, 0.4) is 0 Å². The third-order valence-corrected chi connectivity index (χ3v) is 7.38. The van der Waals surface area contributed by atoms with Crippen LogP contribution in [-0.2, 0) is 14.8 Å². The summed E-state index contributed by atoms with van der Waals surface area (Å²) < 4.78 is 33.0. The summed E-state index contributed by atoms with van der Waals surface area (Å²) in [7, 11) is -3.65. The van der Waals surface area contributed by atoms with Gasteiger partial charge in [0.15, 0.2) is 0 Å². The second-order valence-electron chi connectivity index (χ2n) is 6.89. The molecule has 3 heterocycles. The van der Waals surface area contributed by atoms with Gasteiger partial charge in [0.1, 0.15) is 10.6 Å². The van der Waals surface area contributed by atoms with Crippen LogP contribution < -0.4 is 5.32 Å². The van der Waals surface area contributed by atoms with Crippen molar-refractivity contribution in [2.75, 3.05) is 45.9 Å². The van der Waals surface area contributed by atoms with Gasteiger partial charge < -0.3 is 15.0 Å². The molecule has 0 aromatic carbocycles. The van der Waals surface area contributed by atoms with E-state index in [2.05, 4.69) is 15.2 Å². The molecule has 0 bridgehead atoms.